The van der Waals surface area contributed by atoms with Crippen LogP contribution in [0.15, 0.2) is 37.9 Å². The van der Waals surface area contributed by atoms with E-state index in [4.69, 9.17) is 20.5 Å². The van der Waals surface area contributed by atoms with E-state index < -0.39 is 32.6 Å². The molecule has 2 heterocycles. The van der Waals surface area contributed by atoms with Gasteiger partial charge in [-0.15, -0.1) is 12.6 Å². The van der Waals surface area contributed by atoms with Gasteiger partial charge < -0.3 is 15.2 Å². The smallest absolute Gasteiger partial charge is 0.416 e. The van der Waals surface area contributed by atoms with Crippen molar-refractivity contribution in [3.8, 4) is 17.6 Å². The van der Waals surface area contributed by atoms with Gasteiger partial charge in [0, 0.05) is 13.2 Å². The molecule has 2 aliphatic heterocycles. The standard InChI is InChI=1S/C17H10N2O8S6/c1-5(21)26-8-10-12(30-16(29-10)6(28)4-20)9(27-7(22)3-18)13-11(8)31-17(32-13)14(15(19)23)33(2,24)25/h4,28H,1-2H3,(H2,19,23)/b16-6+,17-14-. The van der Waals surface area contributed by atoms with Crippen LogP contribution in [0.3, 0.4) is 0 Å². The molecule has 16 heteroatoms. The predicted octanol–water partition coefficient (Wildman–Crippen LogP) is 2.43. The summed E-state index contributed by atoms with van der Waals surface area (Å²) >= 11 is 7.64. The summed E-state index contributed by atoms with van der Waals surface area (Å²) in [5.41, 5.74) is 5.29. The van der Waals surface area contributed by atoms with Gasteiger partial charge >= 0.3 is 11.9 Å². The SMILES string of the molecule is CC(=O)Oc1c2c(c(OC(=O)C#N)c3c1S/C(=C(\S)C=O)S3)S/C(=C(/C(N)=O)S(C)(=O)=O)S2. The molecule has 1 aromatic rings. The first-order valence-electron chi connectivity index (χ1n) is 8.27. The molecule has 3 rings (SSSR count). The molecule has 1 aromatic carbocycles. The Morgan fingerprint density at radius 1 is 1.00 bits per heavy atom. The molecule has 0 bridgehead atoms. The zero-order valence-corrected chi connectivity index (χ0v) is 21.3. The Morgan fingerprint density at radius 3 is 1.82 bits per heavy atom. The molecule has 0 radical (unpaired) electrons. The third kappa shape index (κ3) is 5.08. The van der Waals surface area contributed by atoms with Crippen molar-refractivity contribution >= 4 is 93.6 Å². The second-order valence-electron chi connectivity index (χ2n) is 6.02. The Hall–Kier alpha value is -2.03. The number of thiol groups is 1. The van der Waals surface area contributed by atoms with Crippen LogP contribution in [0.2, 0.25) is 0 Å². The lowest BCUT2D eigenvalue weighted by Gasteiger charge is -2.14. The molecule has 1 amide bonds. The van der Waals surface area contributed by atoms with E-state index >= 15 is 0 Å². The second kappa shape index (κ2) is 9.68. The number of allylic oxidation sites excluding steroid dienone is 1. The minimum absolute atomic E-state index is 0.00797. The highest BCUT2D eigenvalue weighted by Crippen LogP contribution is 2.68. The number of primary amides is 1. The summed E-state index contributed by atoms with van der Waals surface area (Å²) in [4.78, 5) is 47.0. The molecule has 0 fully saturated rings. The van der Waals surface area contributed by atoms with Crippen LogP contribution in [-0.2, 0) is 29.0 Å². The number of fused-ring (bicyclic) bond motifs is 2. The average Bonchev–Trinajstić information content (AvgIpc) is 3.33. The van der Waals surface area contributed by atoms with Crippen LogP contribution in [0.4, 0.5) is 0 Å². The first kappa shape index (κ1) is 25.6. The Kier molecular flexibility index (Phi) is 7.51. The summed E-state index contributed by atoms with van der Waals surface area (Å²) < 4.78 is 35.3. The number of nitriles is 1. The lowest BCUT2D eigenvalue weighted by atomic mass is 10.3. The zero-order chi connectivity index (χ0) is 24.7. The Balaban J connectivity index is 2.36. The molecule has 0 atom stereocenters. The van der Waals surface area contributed by atoms with Gasteiger partial charge in [0.15, 0.2) is 38.6 Å². The fourth-order valence-corrected chi connectivity index (χ4v) is 9.71. The first-order chi connectivity index (χ1) is 15.4. The molecule has 0 spiro atoms. The van der Waals surface area contributed by atoms with Crippen LogP contribution in [0, 0.1) is 11.3 Å². The van der Waals surface area contributed by atoms with Gasteiger partial charge in [0.1, 0.15) is 0 Å². The average molecular weight is 563 g/mol. The predicted molar refractivity (Wildman–Crippen MR) is 126 cm³/mol. The number of carbonyl (C=O) groups excluding carboxylic acids is 4. The molecular weight excluding hydrogens is 553 g/mol. The number of hydrogen-bond donors (Lipinski definition) is 2. The van der Waals surface area contributed by atoms with E-state index in [-0.39, 0.29) is 40.2 Å². The van der Waals surface area contributed by atoms with Gasteiger partial charge in [0.2, 0.25) is 0 Å². The highest BCUT2D eigenvalue weighted by Gasteiger charge is 2.40. The number of esters is 2. The van der Waals surface area contributed by atoms with E-state index in [1.807, 2.05) is 0 Å². The summed E-state index contributed by atoms with van der Waals surface area (Å²) in [5.74, 6) is -3.27. The van der Waals surface area contributed by atoms with Crippen molar-refractivity contribution in [1.82, 2.24) is 0 Å². The number of hydrogen-bond acceptors (Lipinski definition) is 14. The number of amides is 1. The van der Waals surface area contributed by atoms with Crippen LogP contribution in [0.25, 0.3) is 0 Å². The van der Waals surface area contributed by atoms with Gasteiger partial charge in [-0.25, -0.2) is 13.2 Å². The van der Waals surface area contributed by atoms with Crippen molar-refractivity contribution in [2.45, 2.75) is 26.5 Å². The van der Waals surface area contributed by atoms with Crippen molar-refractivity contribution < 1.29 is 37.1 Å². The van der Waals surface area contributed by atoms with E-state index in [2.05, 4.69) is 12.6 Å². The quantitative estimate of drug-likeness (QED) is 0.134. The van der Waals surface area contributed by atoms with E-state index in [0.717, 1.165) is 60.2 Å². The van der Waals surface area contributed by atoms with E-state index in [1.165, 1.54) is 6.07 Å². The van der Waals surface area contributed by atoms with Crippen molar-refractivity contribution in [1.29, 1.82) is 5.26 Å². The number of ether oxygens (including phenoxy) is 2. The maximum absolute atomic E-state index is 12.2. The second-order valence-corrected chi connectivity index (χ2v) is 13.1. The summed E-state index contributed by atoms with van der Waals surface area (Å²) in [6.07, 6.45) is 1.31. The summed E-state index contributed by atoms with van der Waals surface area (Å²) in [5, 5.41) is 8.93. The number of nitrogens with two attached hydrogens (primary N) is 1. The van der Waals surface area contributed by atoms with Gasteiger partial charge in [-0.05, 0) is 0 Å². The summed E-state index contributed by atoms with van der Waals surface area (Å²) in [6.45, 7) is 1.15. The fraction of sp³-hybridized carbons (Fsp3) is 0.118. The van der Waals surface area contributed by atoms with Gasteiger partial charge in [-0.3, -0.25) is 14.4 Å². The Morgan fingerprint density at radius 2 is 1.45 bits per heavy atom. The monoisotopic (exact) mass is 562 g/mol. The maximum Gasteiger partial charge on any atom is 0.416 e. The Bertz CT molecular complexity index is 1360. The number of thioether (sulfide) groups is 4. The molecule has 0 saturated carbocycles. The highest BCUT2D eigenvalue weighted by atomic mass is 32.2. The molecule has 0 unspecified atom stereocenters. The molecule has 0 aromatic heterocycles. The number of nitrogens with zero attached hydrogens (tertiary/aromatic N) is 1. The molecule has 0 saturated heterocycles. The number of rotatable bonds is 5. The maximum atomic E-state index is 12.2. The van der Waals surface area contributed by atoms with Gasteiger partial charge in [0.25, 0.3) is 5.91 Å². The fourth-order valence-electron chi connectivity index (χ4n) is 2.53. The third-order valence-corrected chi connectivity index (χ3v) is 10.9. The van der Waals surface area contributed by atoms with Gasteiger partial charge in [0.05, 0.1) is 33.0 Å². The molecule has 33 heavy (non-hydrogen) atoms. The summed E-state index contributed by atoms with van der Waals surface area (Å²) in [6, 6.07) is 1.32. The van der Waals surface area contributed by atoms with Crippen LogP contribution in [0.1, 0.15) is 6.92 Å². The van der Waals surface area contributed by atoms with E-state index in [1.54, 1.807) is 0 Å². The molecule has 2 N–H and O–H groups in total. The van der Waals surface area contributed by atoms with E-state index in [9.17, 15) is 27.6 Å². The van der Waals surface area contributed by atoms with Gasteiger partial charge in [-0.1, -0.05) is 47.0 Å². The van der Waals surface area contributed by atoms with Crippen molar-refractivity contribution in [2.24, 2.45) is 5.73 Å². The van der Waals surface area contributed by atoms with Crippen LogP contribution in [-0.4, -0.2) is 38.8 Å². The van der Waals surface area contributed by atoms with Gasteiger partial charge in [-0.2, -0.15) is 5.26 Å². The lowest BCUT2D eigenvalue weighted by molar-refractivity contribution is -0.132. The largest absolute Gasteiger partial charge is 0.424 e. The molecule has 0 aliphatic carbocycles. The molecule has 172 valence electrons. The molecular formula is C17H10N2O8S6. The molecule has 10 nitrogen and oxygen atoms in total. The minimum Gasteiger partial charge on any atom is -0.424 e. The first-order valence-corrected chi connectivity index (χ1v) is 13.9. The van der Waals surface area contributed by atoms with Crippen molar-refractivity contribution in [3.63, 3.8) is 0 Å². The third-order valence-electron chi connectivity index (χ3n) is 3.65. The van der Waals surface area contributed by atoms with E-state index in [0.29, 0.717) is 10.5 Å². The number of carbonyl (C=O) groups is 4. The normalized spacial score (nSPS) is 17.4. The number of sulfone groups is 1. The molecule has 2 aliphatic rings. The van der Waals surface area contributed by atoms with Crippen LogP contribution < -0.4 is 15.2 Å². The Labute approximate surface area is 209 Å². The van der Waals surface area contributed by atoms with Crippen molar-refractivity contribution in [2.75, 3.05) is 6.26 Å². The van der Waals surface area contributed by atoms with Crippen LogP contribution >= 0.6 is 59.7 Å². The summed E-state index contributed by atoms with van der Waals surface area (Å²) in [7, 11) is -4.05. The topological polar surface area (TPSA) is 171 Å². The minimum atomic E-state index is -4.05. The highest BCUT2D eigenvalue weighted by molar-refractivity contribution is 8.26. The van der Waals surface area contributed by atoms with Crippen molar-refractivity contribution in [3.05, 3.63) is 18.3 Å². The number of aldehydes is 1. The zero-order valence-electron chi connectivity index (χ0n) is 16.4. The van der Waals surface area contributed by atoms with Crippen LogP contribution in [0.5, 0.6) is 11.5 Å². The number of benzene rings is 1. The lowest BCUT2D eigenvalue weighted by Crippen LogP contribution is -2.21.